The molecule has 2 heteroatoms. The van der Waals surface area contributed by atoms with Gasteiger partial charge in [0.2, 0.25) is 0 Å². The summed E-state index contributed by atoms with van der Waals surface area (Å²) in [4.78, 5) is 4.80. The molecular weight excluding hydrogens is 270 g/mol. The highest BCUT2D eigenvalue weighted by molar-refractivity contribution is 5.34. The van der Waals surface area contributed by atoms with Gasteiger partial charge in [-0.15, -0.1) is 0 Å². The molecule has 1 unspecified atom stereocenters. The van der Waals surface area contributed by atoms with Gasteiger partial charge in [0.05, 0.1) is 7.11 Å². The fourth-order valence-electron chi connectivity index (χ4n) is 2.68. The van der Waals surface area contributed by atoms with E-state index in [1.54, 1.807) is 12.7 Å². The molecule has 122 valence electrons. The number of hydrogen-bond acceptors (Lipinski definition) is 2. The number of hydrogen-bond donors (Lipinski definition) is 1. The Morgan fingerprint density at radius 3 is 2.73 bits per heavy atom. The Kier molecular flexibility index (Phi) is 8.79. The molecule has 1 aliphatic rings. The predicted octanol–water partition coefficient (Wildman–Crippen LogP) is 5.28. The third kappa shape index (κ3) is 7.06. The van der Waals surface area contributed by atoms with Gasteiger partial charge in [0.15, 0.2) is 0 Å². The fraction of sp³-hybridized carbons (Fsp3) is 0.500. The van der Waals surface area contributed by atoms with E-state index >= 15 is 0 Å². The predicted molar refractivity (Wildman–Crippen MR) is 96.5 cm³/mol. The summed E-state index contributed by atoms with van der Waals surface area (Å²) in [7, 11) is 1.63. The number of allylic oxidation sites excluding steroid dienone is 9. The molecule has 22 heavy (non-hydrogen) atoms. The van der Waals surface area contributed by atoms with Gasteiger partial charge >= 0.3 is 0 Å². The minimum Gasteiger partial charge on any atom is -0.305 e. The standard InChI is InChI=1S/C20H31NO/c1-16(8-6-9-17(2)14-15-21-22-5)12-13-20-18(3)10-7-11-19(20)4/h6,8-9,12-14,18,21H,7,10-11,15H2,1-5H3/b9-6+,13-12+,16-8+,17-14+. The van der Waals surface area contributed by atoms with E-state index in [1.165, 1.54) is 36.0 Å². The first-order valence-corrected chi connectivity index (χ1v) is 8.20. The van der Waals surface area contributed by atoms with Crippen LogP contribution in [0.5, 0.6) is 0 Å². The first-order chi connectivity index (χ1) is 10.5. The third-order valence-corrected chi connectivity index (χ3v) is 4.11. The Bertz CT molecular complexity index is 492. The second-order valence-corrected chi connectivity index (χ2v) is 6.13. The first kappa shape index (κ1) is 18.7. The summed E-state index contributed by atoms with van der Waals surface area (Å²) in [6.45, 7) is 9.57. The van der Waals surface area contributed by atoms with Crippen LogP contribution in [-0.4, -0.2) is 13.7 Å². The summed E-state index contributed by atoms with van der Waals surface area (Å²) in [5.74, 6) is 0.701. The molecule has 2 nitrogen and oxygen atoms in total. The monoisotopic (exact) mass is 301 g/mol. The maximum atomic E-state index is 4.80. The smallest absolute Gasteiger partial charge is 0.0572 e. The second kappa shape index (κ2) is 10.4. The Balaban J connectivity index is 2.58. The molecule has 0 bridgehead atoms. The average Bonchev–Trinajstić information content (AvgIpc) is 2.47. The van der Waals surface area contributed by atoms with E-state index in [1.807, 2.05) is 0 Å². The van der Waals surface area contributed by atoms with Crippen molar-refractivity contribution in [3.05, 3.63) is 58.7 Å². The summed E-state index contributed by atoms with van der Waals surface area (Å²) in [5, 5.41) is 0. The fourth-order valence-corrected chi connectivity index (χ4v) is 2.68. The van der Waals surface area contributed by atoms with Gasteiger partial charge in [-0.3, -0.25) is 0 Å². The van der Waals surface area contributed by atoms with Crippen LogP contribution in [0.25, 0.3) is 0 Å². The summed E-state index contributed by atoms with van der Waals surface area (Å²) in [6, 6.07) is 0. The van der Waals surface area contributed by atoms with Gasteiger partial charge in [-0.2, -0.15) is 5.48 Å². The SMILES string of the molecule is CONC/C=C(C)/C=C/C=C(C)/C=C/C1=C(C)CCCC1C. The lowest BCUT2D eigenvalue weighted by molar-refractivity contribution is 0.101. The van der Waals surface area contributed by atoms with Crippen molar-refractivity contribution in [1.29, 1.82) is 0 Å². The van der Waals surface area contributed by atoms with Crippen molar-refractivity contribution in [3.63, 3.8) is 0 Å². The van der Waals surface area contributed by atoms with Crippen molar-refractivity contribution in [2.75, 3.05) is 13.7 Å². The Morgan fingerprint density at radius 2 is 2.05 bits per heavy atom. The topological polar surface area (TPSA) is 21.3 Å². The van der Waals surface area contributed by atoms with Crippen LogP contribution in [0.3, 0.4) is 0 Å². The third-order valence-electron chi connectivity index (χ3n) is 4.11. The van der Waals surface area contributed by atoms with Crippen LogP contribution in [0.15, 0.2) is 58.7 Å². The van der Waals surface area contributed by atoms with E-state index in [9.17, 15) is 0 Å². The number of rotatable bonds is 7. The van der Waals surface area contributed by atoms with Gasteiger partial charge in [0, 0.05) is 6.54 Å². The van der Waals surface area contributed by atoms with Crippen molar-refractivity contribution in [1.82, 2.24) is 5.48 Å². The molecule has 0 heterocycles. The summed E-state index contributed by atoms with van der Waals surface area (Å²) in [6.07, 6.45) is 16.9. The molecule has 0 amide bonds. The van der Waals surface area contributed by atoms with Gasteiger partial charge < -0.3 is 4.84 Å². The average molecular weight is 301 g/mol. The number of nitrogens with one attached hydrogen (secondary N) is 1. The summed E-state index contributed by atoms with van der Waals surface area (Å²) >= 11 is 0. The van der Waals surface area contributed by atoms with E-state index in [4.69, 9.17) is 4.84 Å². The summed E-state index contributed by atoms with van der Waals surface area (Å²) in [5.41, 5.74) is 8.39. The molecule has 1 aliphatic carbocycles. The van der Waals surface area contributed by atoms with E-state index in [0.717, 1.165) is 6.54 Å². The lowest BCUT2D eigenvalue weighted by atomic mass is 9.84. The van der Waals surface area contributed by atoms with Crippen molar-refractivity contribution >= 4 is 0 Å². The molecule has 1 N–H and O–H groups in total. The van der Waals surface area contributed by atoms with Crippen LogP contribution in [0.2, 0.25) is 0 Å². The van der Waals surface area contributed by atoms with Crippen molar-refractivity contribution in [2.45, 2.75) is 47.0 Å². The van der Waals surface area contributed by atoms with Gasteiger partial charge in [0.25, 0.3) is 0 Å². The molecule has 0 aromatic heterocycles. The largest absolute Gasteiger partial charge is 0.305 e. The Labute approximate surface area is 136 Å². The van der Waals surface area contributed by atoms with Gasteiger partial charge in [-0.1, -0.05) is 60.1 Å². The van der Waals surface area contributed by atoms with E-state index < -0.39 is 0 Å². The van der Waals surface area contributed by atoms with Crippen LogP contribution in [0, 0.1) is 5.92 Å². The van der Waals surface area contributed by atoms with Crippen molar-refractivity contribution in [3.8, 4) is 0 Å². The molecule has 0 saturated carbocycles. The second-order valence-electron chi connectivity index (χ2n) is 6.13. The molecule has 0 spiro atoms. The summed E-state index contributed by atoms with van der Waals surface area (Å²) < 4.78 is 0. The quantitative estimate of drug-likeness (QED) is 0.392. The van der Waals surface area contributed by atoms with Crippen LogP contribution in [0.1, 0.15) is 47.0 Å². The zero-order chi connectivity index (χ0) is 16.4. The van der Waals surface area contributed by atoms with E-state index in [0.29, 0.717) is 5.92 Å². The molecule has 0 aromatic carbocycles. The molecule has 0 fully saturated rings. The minimum absolute atomic E-state index is 0.701. The highest BCUT2D eigenvalue weighted by Gasteiger charge is 2.14. The highest BCUT2D eigenvalue weighted by Crippen LogP contribution is 2.30. The normalized spacial score (nSPS) is 21.4. The lowest BCUT2D eigenvalue weighted by Crippen LogP contribution is -2.10. The van der Waals surface area contributed by atoms with Crippen LogP contribution in [-0.2, 0) is 4.84 Å². The molecule has 1 atom stereocenters. The minimum atomic E-state index is 0.701. The zero-order valence-corrected chi connectivity index (χ0v) is 14.8. The highest BCUT2D eigenvalue weighted by atomic mass is 16.6. The molecular formula is C20H31NO. The first-order valence-electron chi connectivity index (χ1n) is 8.20. The van der Waals surface area contributed by atoms with Crippen molar-refractivity contribution in [2.24, 2.45) is 5.92 Å². The maximum Gasteiger partial charge on any atom is 0.0572 e. The van der Waals surface area contributed by atoms with Crippen LogP contribution in [0.4, 0.5) is 0 Å². The van der Waals surface area contributed by atoms with Crippen molar-refractivity contribution < 1.29 is 4.84 Å². The van der Waals surface area contributed by atoms with E-state index in [-0.39, 0.29) is 0 Å². The molecule has 0 aliphatic heterocycles. The van der Waals surface area contributed by atoms with Gasteiger partial charge in [-0.05, 0) is 51.5 Å². The molecule has 0 aromatic rings. The molecule has 0 radical (unpaired) electrons. The zero-order valence-electron chi connectivity index (χ0n) is 14.8. The lowest BCUT2D eigenvalue weighted by Gasteiger charge is -2.22. The van der Waals surface area contributed by atoms with Gasteiger partial charge in [0.1, 0.15) is 0 Å². The van der Waals surface area contributed by atoms with Crippen LogP contribution < -0.4 is 5.48 Å². The van der Waals surface area contributed by atoms with Crippen LogP contribution >= 0.6 is 0 Å². The maximum absolute atomic E-state index is 4.80. The van der Waals surface area contributed by atoms with E-state index in [2.05, 4.69) is 69.6 Å². The number of hydroxylamine groups is 1. The Morgan fingerprint density at radius 1 is 1.27 bits per heavy atom. The van der Waals surface area contributed by atoms with Gasteiger partial charge in [-0.25, -0.2) is 0 Å². The Hall–Kier alpha value is -1.38. The molecule has 0 saturated heterocycles. The molecule has 1 rings (SSSR count).